The second-order valence-corrected chi connectivity index (χ2v) is 8.49. The van der Waals surface area contributed by atoms with Crippen LogP contribution in [0.1, 0.15) is 16.2 Å². The Morgan fingerprint density at radius 3 is 2.70 bits per heavy atom. The van der Waals surface area contributed by atoms with E-state index in [1.807, 2.05) is 24.3 Å². The highest BCUT2D eigenvalue weighted by atomic mass is 35.5. The number of halogens is 1. The van der Waals surface area contributed by atoms with Crippen LogP contribution in [0.4, 0.5) is 5.13 Å². The monoisotopic (exact) mass is 458 g/mol. The zero-order chi connectivity index (χ0) is 20.9. The lowest BCUT2D eigenvalue weighted by atomic mass is 10.2. The lowest BCUT2D eigenvalue weighted by molar-refractivity contribution is -0.113. The van der Waals surface area contributed by atoms with Crippen LogP contribution in [0.3, 0.4) is 0 Å². The summed E-state index contributed by atoms with van der Waals surface area (Å²) >= 11 is 8.43. The summed E-state index contributed by atoms with van der Waals surface area (Å²) in [5, 5.41) is 13.9. The number of rotatable bonds is 7. The van der Waals surface area contributed by atoms with Gasteiger partial charge in [0.25, 0.3) is 5.91 Å². The Labute approximate surface area is 184 Å². The molecular formula is C19H15ClN6O2S2. The van der Waals surface area contributed by atoms with E-state index in [4.69, 9.17) is 11.6 Å². The zero-order valence-electron chi connectivity index (χ0n) is 15.4. The van der Waals surface area contributed by atoms with Gasteiger partial charge in [0.1, 0.15) is 5.82 Å². The molecule has 0 spiro atoms. The Morgan fingerprint density at radius 2 is 1.90 bits per heavy atom. The SMILES string of the molecule is O=C(CSc1n[nH]c(CNC(=O)c2ccc(Cl)cc2)n1)Nc1nc2ccccc2s1. The van der Waals surface area contributed by atoms with E-state index in [1.165, 1.54) is 23.1 Å². The molecule has 0 saturated heterocycles. The number of thiazole rings is 1. The van der Waals surface area contributed by atoms with Gasteiger partial charge in [0, 0.05) is 10.6 Å². The molecule has 0 radical (unpaired) electrons. The van der Waals surface area contributed by atoms with Crippen molar-refractivity contribution in [3.63, 3.8) is 0 Å². The standard InChI is InChI=1S/C19H15ClN6O2S2/c20-12-7-5-11(6-8-12)17(28)21-9-15-23-19(26-25-15)29-10-16(27)24-18-22-13-3-1-2-4-14(13)30-18/h1-8H,9-10H2,(H,21,28)(H,22,24,27)(H,23,25,26). The van der Waals surface area contributed by atoms with Crippen molar-refractivity contribution in [2.75, 3.05) is 11.1 Å². The van der Waals surface area contributed by atoms with Crippen molar-refractivity contribution in [2.24, 2.45) is 0 Å². The molecule has 30 heavy (non-hydrogen) atoms. The summed E-state index contributed by atoms with van der Waals surface area (Å²) in [6.07, 6.45) is 0. The van der Waals surface area contributed by atoms with E-state index in [0.29, 0.717) is 26.7 Å². The summed E-state index contributed by atoms with van der Waals surface area (Å²) in [4.78, 5) is 32.9. The maximum absolute atomic E-state index is 12.2. The number of hydrogen-bond donors (Lipinski definition) is 3. The van der Waals surface area contributed by atoms with E-state index in [9.17, 15) is 9.59 Å². The number of nitrogens with zero attached hydrogens (tertiary/aromatic N) is 3. The highest BCUT2D eigenvalue weighted by Gasteiger charge is 2.11. The molecule has 11 heteroatoms. The number of anilines is 1. The van der Waals surface area contributed by atoms with Gasteiger partial charge in [-0.2, -0.15) is 0 Å². The van der Waals surface area contributed by atoms with Gasteiger partial charge in [0.15, 0.2) is 5.13 Å². The predicted molar refractivity (Wildman–Crippen MR) is 118 cm³/mol. The molecule has 0 atom stereocenters. The Balaban J connectivity index is 1.25. The normalized spacial score (nSPS) is 10.8. The van der Waals surface area contributed by atoms with Crippen molar-refractivity contribution in [3.8, 4) is 0 Å². The Hall–Kier alpha value is -2.95. The first kappa shape index (κ1) is 20.3. The molecule has 8 nitrogen and oxygen atoms in total. The zero-order valence-corrected chi connectivity index (χ0v) is 17.8. The lowest BCUT2D eigenvalue weighted by Gasteiger charge is -2.02. The molecule has 0 aliphatic heterocycles. The van der Waals surface area contributed by atoms with Gasteiger partial charge in [-0.3, -0.25) is 14.7 Å². The van der Waals surface area contributed by atoms with Crippen molar-refractivity contribution in [1.29, 1.82) is 0 Å². The second kappa shape index (κ2) is 9.24. The average molecular weight is 459 g/mol. The van der Waals surface area contributed by atoms with E-state index < -0.39 is 0 Å². The van der Waals surface area contributed by atoms with Gasteiger partial charge in [-0.05, 0) is 36.4 Å². The molecule has 4 aromatic rings. The minimum absolute atomic E-state index is 0.143. The maximum atomic E-state index is 12.2. The van der Waals surface area contributed by atoms with Gasteiger partial charge in [-0.1, -0.05) is 46.8 Å². The molecule has 2 amide bonds. The molecule has 0 saturated carbocycles. The Kier molecular flexibility index (Phi) is 6.26. The van der Waals surface area contributed by atoms with Crippen LogP contribution in [-0.2, 0) is 11.3 Å². The third-order valence-electron chi connectivity index (χ3n) is 3.91. The molecule has 2 aromatic heterocycles. The number of para-hydroxylation sites is 1. The van der Waals surface area contributed by atoms with Crippen molar-refractivity contribution in [1.82, 2.24) is 25.5 Å². The number of fused-ring (bicyclic) bond motifs is 1. The first-order valence-electron chi connectivity index (χ1n) is 8.80. The summed E-state index contributed by atoms with van der Waals surface area (Å²) < 4.78 is 1.01. The summed E-state index contributed by atoms with van der Waals surface area (Å²) in [5.41, 5.74) is 1.35. The number of nitrogens with one attached hydrogen (secondary N) is 3. The molecule has 0 bridgehead atoms. The number of amides is 2. The first-order valence-corrected chi connectivity index (χ1v) is 11.0. The smallest absolute Gasteiger partial charge is 0.251 e. The van der Waals surface area contributed by atoms with Gasteiger partial charge in [0.2, 0.25) is 11.1 Å². The second-order valence-electron chi connectivity index (χ2n) is 6.08. The van der Waals surface area contributed by atoms with Crippen molar-refractivity contribution in [2.45, 2.75) is 11.7 Å². The molecule has 0 fully saturated rings. The van der Waals surface area contributed by atoms with Gasteiger partial charge >= 0.3 is 0 Å². The van der Waals surface area contributed by atoms with Crippen LogP contribution >= 0.6 is 34.7 Å². The van der Waals surface area contributed by atoms with Gasteiger partial charge in [0.05, 0.1) is 22.5 Å². The summed E-state index contributed by atoms with van der Waals surface area (Å²) in [6.45, 7) is 0.187. The molecule has 4 rings (SSSR count). The van der Waals surface area contributed by atoms with Crippen molar-refractivity contribution < 1.29 is 9.59 Å². The fraction of sp³-hybridized carbons (Fsp3) is 0.105. The van der Waals surface area contributed by atoms with Crippen LogP contribution in [0.15, 0.2) is 53.7 Å². The van der Waals surface area contributed by atoms with Gasteiger partial charge < -0.3 is 10.6 Å². The fourth-order valence-corrected chi connectivity index (χ4v) is 4.13. The molecule has 0 aliphatic rings. The van der Waals surface area contributed by atoms with Crippen LogP contribution in [-0.4, -0.2) is 37.7 Å². The van der Waals surface area contributed by atoms with Crippen LogP contribution < -0.4 is 10.6 Å². The fourth-order valence-electron chi connectivity index (χ4n) is 2.50. The third kappa shape index (κ3) is 5.15. The first-order chi connectivity index (χ1) is 14.6. The quantitative estimate of drug-likeness (QED) is 0.364. The highest BCUT2D eigenvalue weighted by Crippen LogP contribution is 2.25. The number of carbonyl (C=O) groups excluding carboxylic acids is 2. The third-order valence-corrected chi connectivity index (χ3v) is 5.96. The minimum atomic E-state index is -0.243. The molecular weight excluding hydrogens is 444 g/mol. The average Bonchev–Trinajstić information content (AvgIpc) is 3.37. The Morgan fingerprint density at radius 1 is 1.10 bits per heavy atom. The van der Waals surface area contributed by atoms with Crippen LogP contribution in [0.25, 0.3) is 10.2 Å². The number of H-pyrrole nitrogens is 1. The number of hydrogen-bond acceptors (Lipinski definition) is 7. The Bertz CT molecular complexity index is 1160. The van der Waals surface area contributed by atoms with E-state index in [2.05, 4.69) is 30.8 Å². The van der Waals surface area contributed by atoms with Gasteiger partial charge in [-0.15, -0.1) is 5.10 Å². The highest BCUT2D eigenvalue weighted by molar-refractivity contribution is 7.99. The van der Waals surface area contributed by atoms with Crippen molar-refractivity contribution >= 4 is 61.9 Å². The predicted octanol–water partition coefficient (Wildman–Crippen LogP) is 3.73. The lowest BCUT2D eigenvalue weighted by Crippen LogP contribution is -2.23. The molecule has 0 aliphatic carbocycles. The maximum Gasteiger partial charge on any atom is 0.251 e. The van der Waals surface area contributed by atoms with E-state index in [1.54, 1.807) is 24.3 Å². The van der Waals surface area contributed by atoms with Crippen LogP contribution in [0, 0.1) is 0 Å². The van der Waals surface area contributed by atoms with E-state index in [0.717, 1.165) is 10.2 Å². The summed E-state index contributed by atoms with van der Waals surface area (Å²) in [6, 6.07) is 14.3. The molecule has 0 unspecified atom stereocenters. The number of thioether (sulfide) groups is 1. The summed E-state index contributed by atoms with van der Waals surface area (Å²) in [5.74, 6) is 0.199. The van der Waals surface area contributed by atoms with E-state index in [-0.39, 0.29) is 24.1 Å². The van der Waals surface area contributed by atoms with Gasteiger partial charge in [-0.25, -0.2) is 9.97 Å². The molecule has 3 N–H and O–H groups in total. The van der Waals surface area contributed by atoms with Crippen LogP contribution in [0.2, 0.25) is 5.02 Å². The summed E-state index contributed by atoms with van der Waals surface area (Å²) in [7, 11) is 0. The number of aromatic amines is 1. The molecule has 2 heterocycles. The number of benzene rings is 2. The topological polar surface area (TPSA) is 113 Å². The van der Waals surface area contributed by atoms with Crippen molar-refractivity contribution in [3.05, 3.63) is 64.9 Å². The number of aromatic nitrogens is 4. The minimum Gasteiger partial charge on any atom is -0.345 e. The van der Waals surface area contributed by atoms with E-state index >= 15 is 0 Å². The molecule has 2 aromatic carbocycles. The van der Waals surface area contributed by atoms with Crippen LogP contribution in [0.5, 0.6) is 0 Å². The largest absolute Gasteiger partial charge is 0.345 e. The number of carbonyl (C=O) groups is 2. The molecule has 152 valence electrons.